The highest BCUT2D eigenvalue weighted by molar-refractivity contribution is 5.79. The zero-order chi connectivity index (χ0) is 12.4. The number of nitrogens with zero attached hydrogens (tertiary/aromatic N) is 3. The fraction of sp³-hybridized carbons (Fsp3) is 0.214. The van der Waals surface area contributed by atoms with E-state index in [0.29, 0.717) is 0 Å². The molecule has 1 N–H and O–H groups in total. The molecule has 0 aromatic carbocycles. The molecule has 0 atom stereocenters. The van der Waals surface area contributed by atoms with E-state index in [4.69, 9.17) is 0 Å². The second-order valence-corrected chi connectivity index (χ2v) is 4.24. The van der Waals surface area contributed by atoms with Crippen LogP contribution in [0.15, 0.2) is 36.9 Å². The fourth-order valence-electron chi connectivity index (χ4n) is 2.12. The minimum atomic E-state index is 0.858. The maximum atomic E-state index is 4.66. The maximum absolute atomic E-state index is 4.66. The summed E-state index contributed by atoms with van der Waals surface area (Å²) in [5.74, 6) is 0. The Hall–Kier alpha value is -2.23. The van der Waals surface area contributed by atoms with Crippen LogP contribution in [0.1, 0.15) is 19.0 Å². The van der Waals surface area contributed by atoms with Gasteiger partial charge in [0.2, 0.25) is 0 Å². The smallest absolute Gasteiger partial charge is 0.157 e. The van der Waals surface area contributed by atoms with Gasteiger partial charge in [-0.25, -0.2) is 9.97 Å². The van der Waals surface area contributed by atoms with Crippen LogP contribution < -0.4 is 0 Å². The zero-order valence-corrected chi connectivity index (χ0v) is 10.2. The summed E-state index contributed by atoms with van der Waals surface area (Å²) in [4.78, 5) is 16.1. The summed E-state index contributed by atoms with van der Waals surface area (Å²) in [6, 6.07) is 6.11. The van der Waals surface area contributed by atoms with Crippen LogP contribution in [0.3, 0.4) is 0 Å². The molecule has 0 aliphatic carbocycles. The lowest BCUT2D eigenvalue weighted by Crippen LogP contribution is -1.95. The summed E-state index contributed by atoms with van der Waals surface area (Å²) in [6.07, 6.45) is 7.33. The Labute approximate surface area is 105 Å². The number of hydrogen-bond acceptors (Lipinski definition) is 3. The fourth-order valence-corrected chi connectivity index (χ4v) is 2.12. The van der Waals surface area contributed by atoms with E-state index in [9.17, 15) is 0 Å². The topological polar surface area (TPSA) is 54.5 Å². The van der Waals surface area contributed by atoms with Crippen molar-refractivity contribution in [1.29, 1.82) is 0 Å². The molecule has 0 saturated heterocycles. The Balaban J connectivity index is 2.21. The third-order valence-corrected chi connectivity index (χ3v) is 2.96. The molecule has 0 radical (unpaired) electrons. The molecular weight excluding hydrogens is 224 g/mol. The normalized spacial score (nSPS) is 10.9. The van der Waals surface area contributed by atoms with Gasteiger partial charge in [-0.1, -0.05) is 13.3 Å². The van der Waals surface area contributed by atoms with Crippen molar-refractivity contribution in [2.45, 2.75) is 19.8 Å². The molecule has 4 heteroatoms. The van der Waals surface area contributed by atoms with Crippen LogP contribution in [0.2, 0.25) is 0 Å². The summed E-state index contributed by atoms with van der Waals surface area (Å²) in [5.41, 5.74) is 5.17. The molecule has 0 amide bonds. The SMILES string of the molecule is CCCc1nc2[nH]cnc2cc1-c1ccncc1. The number of aromatic amines is 1. The van der Waals surface area contributed by atoms with Crippen molar-refractivity contribution in [3.05, 3.63) is 42.6 Å². The first-order chi connectivity index (χ1) is 8.88. The van der Waals surface area contributed by atoms with Crippen molar-refractivity contribution in [2.24, 2.45) is 0 Å². The zero-order valence-electron chi connectivity index (χ0n) is 10.2. The largest absolute Gasteiger partial charge is 0.329 e. The minimum absolute atomic E-state index is 0.858. The van der Waals surface area contributed by atoms with Crippen LogP contribution in [0.5, 0.6) is 0 Å². The van der Waals surface area contributed by atoms with Crippen molar-refractivity contribution in [3.8, 4) is 11.1 Å². The Morgan fingerprint density at radius 3 is 2.83 bits per heavy atom. The number of pyridine rings is 2. The Morgan fingerprint density at radius 1 is 1.22 bits per heavy atom. The van der Waals surface area contributed by atoms with Crippen LogP contribution in [-0.2, 0) is 6.42 Å². The molecule has 3 rings (SSSR count). The number of imidazole rings is 1. The molecule has 0 aliphatic rings. The summed E-state index contributed by atoms with van der Waals surface area (Å²) < 4.78 is 0. The van der Waals surface area contributed by atoms with Gasteiger partial charge in [0, 0.05) is 18.0 Å². The van der Waals surface area contributed by atoms with Crippen molar-refractivity contribution in [3.63, 3.8) is 0 Å². The summed E-state index contributed by atoms with van der Waals surface area (Å²) in [5, 5.41) is 0. The van der Waals surface area contributed by atoms with Gasteiger partial charge >= 0.3 is 0 Å². The molecule has 4 nitrogen and oxygen atoms in total. The predicted octanol–water partition coefficient (Wildman–Crippen LogP) is 2.97. The van der Waals surface area contributed by atoms with E-state index < -0.39 is 0 Å². The number of nitrogens with one attached hydrogen (secondary N) is 1. The molecule has 0 unspecified atom stereocenters. The van der Waals surface area contributed by atoms with Crippen LogP contribution in [0, 0.1) is 0 Å². The average Bonchev–Trinajstić information content (AvgIpc) is 2.86. The molecule has 3 aromatic heterocycles. The van der Waals surface area contributed by atoms with E-state index in [-0.39, 0.29) is 0 Å². The summed E-state index contributed by atoms with van der Waals surface area (Å²) in [7, 11) is 0. The minimum Gasteiger partial charge on any atom is -0.329 e. The van der Waals surface area contributed by atoms with Crippen molar-refractivity contribution >= 4 is 11.2 Å². The number of rotatable bonds is 3. The lowest BCUT2D eigenvalue weighted by atomic mass is 10.0. The van der Waals surface area contributed by atoms with Crippen LogP contribution in [0.4, 0.5) is 0 Å². The molecule has 3 aromatic rings. The number of fused-ring (bicyclic) bond motifs is 1. The standard InChI is InChI=1S/C14H14N4/c1-2-3-12-11(10-4-6-15-7-5-10)8-13-14(18-12)17-9-16-13/h4-9H,2-3H2,1H3,(H,16,17,18). The molecule has 18 heavy (non-hydrogen) atoms. The Bertz CT molecular complexity index is 658. The van der Waals surface area contributed by atoms with Gasteiger partial charge < -0.3 is 4.98 Å². The lowest BCUT2D eigenvalue weighted by Gasteiger charge is -2.07. The van der Waals surface area contributed by atoms with Crippen LogP contribution in [0.25, 0.3) is 22.3 Å². The predicted molar refractivity (Wildman–Crippen MR) is 71.1 cm³/mol. The number of aromatic nitrogens is 4. The summed E-state index contributed by atoms with van der Waals surface area (Å²) in [6.45, 7) is 2.16. The molecule has 0 bridgehead atoms. The highest BCUT2D eigenvalue weighted by atomic mass is 15.0. The van der Waals surface area contributed by atoms with Gasteiger partial charge in [-0.2, -0.15) is 0 Å². The molecule has 90 valence electrons. The van der Waals surface area contributed by atoms with Crippen LogP contribution in [-0.4, -0.2) is 19.9 Å². The quantitative estimate of drug-likeness (QED) is 0.763. The second kappa shape index (κ2) is 4.56. The maximum Gasteiger partial charge on any atom is 0.157 e. The van der Waals surface area contributed by atoms with Gasteiger partial charge in [-0.3, -0.25) is 4.98 Å². The highest BCUT2D eigenvalue weighted by Crippen LogP contribution is 2.25. The highest BCUT2D eigenvalue weighted by Gasteiger charge is 2.09. The van der Waals surface area contributed by atoms with Gasteiger partial charge in [0.1, 0.15) is 5.52 Å². The molecule has 0 saturated carbocycles. The van der Waals surface area contributed by atoms with Gasteiger partial charge in [0.25, 0.3) is 0 Å². The van der Waals surface area contributed by atoms with Crippen molar-refractivity contribution in [2.75, 3.05) is 0 Å². The van der Waals surface area contributed by atoms with Gasteiger partial charge in [-0.15, -0.1) is 0 Å². The van der Waals surface area contributed by atoms with Crippen molar-refractivity contribution < 1.29 is 0 Å². The molecular formula is C14H14N4. The molecule has 0 spiro atoms. The first-order valence-electron chi connectivity index (χ1n) is 6.12. The monoisotopic (exact) mass is 238 g/mol. The number of aryl methyl sites for hydroxylation is 1. The van der Waals surface area contributed by atoms with E-state index in [1.165, 1.54) is 0 Å². The number of hydrogen-bond donors (Lipinski definition) is 1. The summed E-state index contributed by atoms with van der Waals surface area (Å²) >= 11 is 0. The lowest BCUT2D eigenvalue weighted by molar-refractivity contribution is 0.890. The van der Waals surface area contributed by atoms with Gasteiger partial charge in [-0.05, 0) is 30.2 Å². The molecule has 3 heterocycles. The third kappa shape index (κ3) is 1.86. The third-order valence-electron chi connectivity index (χ3n) is 2.96. The Morgan fingerprint density at radius 2 is 2.06 bits per heavy atom. The average molecular weight is 238 g/mol. The first kappa shape index (κ1) is 10.9. The van der Waals surface area contributed by atoms with E-state index in [1.807, 2.05) is 12.1 Å². The molecule has 0 fully saturated rings. The number of H-pyrrole nitrogens is 1. The van der Waals surface area contributed by atoms with Gasteiger partial charge in [0.05, 0.1) is 12.0 Å². The first-order valence-corrected chi connectivity index (χ1v) is 6.12. The van der Waals surface area contributed by atoms with E-state index in [1.54, 1.807) is 18.7 Å². The van der Waals surface area contributed by atoms with E-state index >= 15 is 0 Å². The Kier molecular flexibility index (Phi) is 2.76. The van der Waals surface area contributed by atoms with E-state index in [0.717, 1.165) is 40.8 Å². The van der Waals surface area contributed by atoms with Crippen LogP contribution >= 0.6 is 0 Å². The second-order valence-electron chi connectivity index (χ2n) is 4.24. The van der Waals surface area contributed by atoms with Gasteiger partial charge in [0.15, 0.2) is 5.65 Å². The van der Waals surface area contributed by atoms with E-state index in [2.05, 4.69) is 32.9 Å². The van der Waals surface area contributed by atoms with Crippen molar-refractivity contribution in [1.82, 2.24) is 19.9 Å². The molecule has 0 aliphatic heterocycles.